The van der Waals surface area contributed by atoms with Crippen LogP contribution < -0.4 is 5.32 Å². The number of amides is 2. The molecule has 3 heterocycles. The van der Waals surface area contributed by atoms with Crippen LogP contribution in [0.4, 0.5) is 4.79 Å². The molecule has 1 atom stereocenters. The molecule has 0 aliphatic carbocycles. The standard InChI is InChI=1S/C17H29N5O2/c1-20-10-6-18-16(20)12-19-17(23)22-9-5-11-24-15(14-22)13-21-7-3-2-4-8-21/h6,10,15H,2-5,7-9,11-14H2,1H3,(H,19,23). The molecule has 0 radical (unpaired) electrons. The van der Waals surface area contributed by atoms with Crippen molar-refractivity contribution in [1.29, 1.82) is 0 Å². The van der Waals surface area contributed by atoms with Crippen molar-refractivity contribution in [1.82, 2.24) is 24.7 Å². The molecule has 7 nitrogen and oxygen atoms in total. The summed E-state index contributed by atoms with van der Waals surface area (Å²) in [5.74, 6) is 0.860. The minimum absolute atomic E-state index is 0.0212. The van der Waals surface area contributed by atoms with Gasteiger partial charge in [0.25, 0.3) is 0 Å². The third kappa shape index (κ3) is 4.70. The zero-order valence-corrected chi connectivity index (χ0v) is 14.6. The largest absolute Gasteiger partial charge is 0.375 e. The number of hydrogen-bond acceptors (Lipinski definition) is 4. The van der Waals surface area contributed by atoms with Gasteiger partial charge in [-0.3, -0.25) is 0 Å². The highest BCUT2D eigenvalue weighted by atomic mass is 16.5. The number of piperidine rings is 1. The second-order valence-corrected chi connectivity index (χ2v) is 6.77. The molecule has 24 heavy (non-hydrogen) atoms. The second-order valence-electron chi connectivity index (χ2n) is 6.77. The first kappa shape index (κ1) is 17.2. The molecule has 2 aliphatic rings. The maximum Gasteiger partial charge on any atom is 0.317 e. The lowest BCUT2D eigenvalue weighted by atomic mass is 10.1. The monoisotopic (exact) mass is 335 g/mol. The first-order chi connectivity index (χ1) is 11.7. The number of rotatable bonds is 4. The van der Waals surface area contributed by atoms with E-state index in [1.54, 1.807) is 6.20 Å². The fourth-order valence-corrected chi connectivity index (χ4v) is 3.45. The van der Waals surface area contributed by atoms with E-state index in [9.17, 15) is 4.79 Å². The van der Waals surface area contributed by atoms with E-state index >= 15 is 0 Å². The van der Waals surface area contributed by atoms with Gasteiger partial charge in [0.15, 0.2) is 0 Å². The van der Waals surface area contributed by atoms with Crippen LogP contribution in [0.5, 0.6) is 0 Å². The number of hydrogen-bond donors (Lipinski definition) is 1. The van der Waals surface area contributed by atoms with Crippen LogP contribution in [0.1, 0.15) is 31.5 Å². The Morgan fingerprint density at radius 3 is 2.88 bits per heavy atom. The summed E-state index contributed by atoms with van der Waals surface area (Å²) >= 11 is 0. The van der Waals surface area contributed by atoms with Crippen LogP contribution in [0.15, 0.2) is 12.4 Å². The smallest absolute Gasteiger partial charge is 0.317 e. The topological polar surface area (TPSA) is 62.6 Å². The average Bonchev–Trinajstić information content (AvgIpc) is 2.86. The minimum Gasteiger partial charge on any atom is -0.375 e. The maximum absolute atomic E-state index is 12.5. The molecule has 0 bridgehead atoms. The Balaban J connectivity index is 1.49. The number of carbonyl (C=O) groups excluding carboxylic acids is 1. The van der Waals surface area contributed by atoms with Crippen molar-refractivity contribution >= 4 is 6.03 Å². The molecule has 1 N–H and O–H groups in total. The van der Waals surface area contributed by atoms with Crippen molar-refractivity contribution < 1.29 is 9.53 Å². The van der Waals surface area contributed by atoms with Crippen molar-refractivity contribution in [3.05, 3.63) is 18.2 Å². The molecule has 1 unspecified atom stereocenters. The quantitative estimate of drug-likeness (QED) is 0.898. The predicted octanol–water partition coefficient (Wildman–Crippen LogP) is 1.21. The molecule has 1 aromatic rings. The molecule has 2 amide bonds. The van der Waals surface area contributed by atoms with Gasteiger partial charge in [0.1, 0.15) is 5.82 Å². The Labute approximate surface area is 144 Å². The van der Waals surface area contributed by atoms with Crippen LogP contribution in [0.3, 0.4) is 0 Å². The van der Waals surface area contributed by atoms with Crippen molar-refractivity contribution in [3.8, 4) is 0 Å². The van der Waals surface area contributed by atoms with Crippen molar-refractivity contribution in [2.24, 2.45) is 7.05 Å². The van der Waals surface area contributed by atoms with Gasteiger partial charge in [-0.05, 0) is 32.4 Å². The van der Waals surface area contributed by atoms with Gasteiger partial charge in [0.05, 0.1) is 12.6 Å². The summed E-state index contributed by atoms with van der Waals surface area (Å²) in [4.78, 5) is 21.1. The van der Waals surface area contributed by atoms with E-state index in [2.05, 4.69) is 15.2 Å². The number of nitrogens with one attached hydrogen (secondary N) is 1. The summed E-state index contributed by atoms with van der Waals surface area (Å²) in [5.41, 5.74) is 0. The van der Waals surface area contributed by atoms with E-state index in [1.165, 1.54) is 19.3 Å². The molecule has 0 aromatic carbocycles. The SMILES string of the molecule is Cn1ccnc1CNC(=O)N1CCCOC(CN2CCCCC2)C1. The van der Waals surface area contributed by atoms with Gasteiger partial charge in [-0.25, -0.2) is 9.78 Å². The number of likely N-dealkylation sites (tertiary alicyclic amines) is 1. The first-order valence-corrected chi connectivity index (χ1v) is 9.05. The molecule has 3 rings (SSSR count). The molecule has 7 heteroatoms. The number of ether oxygens (including phenoxy) is 1. The summed E-state index contributed by atoms with van der Waals surface area (Å²) in [6.07, 6.45) is 8.53. The van der Waals surface area contributed by atoms with Crippen LogP contribution in [0.2, 0.25) is 0 Å². The Hall–Kier alpha value is -1.60. The highest BCUT2D eigenvalue weighted by molar-refractivity contribution is 5.74. The molecule has 2 saturated heterocycles. The average molecular weight is 335 g/mol. The van der Waals surface area contributed by atoms with Crippen LogP contribution in [-0.4, -0.2) is 70.8 Å². The molecular weight excluding hydrogens is 306 g/mol. The molecular formula is C17H29N5O2. The lowest BCUT2D eigenvalue weighted by Crippen LogP contribution is -2.46. The third-order valence-corrected chi connectivity index (χ3v) is 4.87. The van der Waals surface area contributed by atoms with Gasteiger partial charge in [-0.1, -0.05) is 6.42 Å². The number of aromatic nitrogens is 2. The Morgan fingerprint density at radius 1 is 1.29 bits per heavy atom. The molecule has 0 saturated carbocycles. The van der Waals surface area contributed by atoms with E-state index in [0.29, 0.717) is 13.1 Å². The van der Waals surface area contributed by atoms with Crippen molar-refractivity contribution in [3.63, 3.8) is 0 Å². The van der Waals surface area contributed by atoms with E-state index in [-0.39, 0.29) is 12.1 Å². The summed E-state index contributed by atoms with van der Waals surface area (Å²) in [6, 6.07) is -0.0212. The number of urea groups is 1. The van der Waals surface area contributed by atoms with Gasteiger partial charge >= 0.3 is 6.03 Å². The fraction of sp³-hybridized carbons (Fsp3) is 0.765. The molecule has 2 fully saturated rings. The Kier molecular flexibility index (Phi) is 6.09. The van der Waals surface area contributed by atoms with Gasteiger partial charge < -0.3 is 24.4 Å². The number of nitrogens with zero attached hydrogens (tertiary/aromatic N) is 4. The summed E-state index contributed by atoms with van der Waals surface area (Å²) in [5, 5.41) is 2.98. The van der Waals surface area contributed by atoms with Crippen LogP contribution in [0, 0.1) is 0 Å². The Bertz CT molecular complexity index is 527. The molecule has 1 aromatic heterocycles. The zero-order valence-electron chi connectivity index (χ0n) is 14.6. The maximum atomic E-state index is 12.5. The van der Waals surface area contributed by atoms with Gasteiger partial charge in [-0.15, -0.1) is 0 Å². The lowest BCUT2D eigenvalue weighted by Gasteiger charge is -2.31. The highest BCUT2D eigenvalue weighted by Crippen LogP contribution is 2.13. The molecule has 0 spiro atoms. The number of carbonyl (C=O) groups is 1. The zero-order chi connectivity index (χ0) is 16.8. The summed E-state index contributed by atoms with van der Waals surface area (Å²) in [7, 11) is 1.93. The van der Waals surface area contributed by atoms with Crippen LogP contribution >= 0.6 is 0 Å². The normalized spacial score (nSPS) is 23.0. The predicted molar refractivity (Wildman–Crippen MR) is 91.7 cm³/mol. The van der Waals surface area contributed by atoms with Crippen LogP contribution in [-0.2, 0) is 18.3 Å². The molecule has 134 valence electrons. The number of imidazole rings is 1. The Morgan fingerprint density at radius 2 is 2.12 bits per heavy atom. The van der Waals surface area contributed by atoms with Gasteiger partial charge in [0, 0.05) is 45.7 Å². The van der Waals surface area contributed by atoms with E-state index in [4.69, 9.17) is 4.74 Å². The number of aryl methyl sites for hydroxylation is 1. The lowest BCUT2D eigenvalue weighted by molar-refractivity contribution is 0.0256. The fourth-order valence-electron chi connectivity index (χ4n) is 3.45. The first-order valence-electron chi connectivity index (χ1n) is 9.05. The van der Waals surface area contributed by atoms with E-state index < -0.39 is 0 Å². The minimum atomic E-state index is -0.0212. The van der Waals surface area contributed by atoms with Crippen molar-refractivity contribution in [2.75, 3.05) is 39.3 Å². The second kappa shape index (κ2) is 8.48. The highest BCUT2D eigenvalue weighted by Gasteiger charge is 2.25. The molecule has 2 aliphatic heterocycles. The van der Waals surface area contributed by atoms with Crippen LogP contribution in [0.25, 0.3) is 0 Å². The van der Waals surface area contributed by atoms with Crippen molar-refractivity contribution in [2.45, 2.75) is 38.3 Å². The summed E-state index contributed by atoms with van der Waals surface area (Å²) < 4.78 is 7.90. The van der Waals surface area contributed by atoms with Gasteiger partial charge in [-0.2, -0.15) is 0 Å². The third-order valence-electron chi connectivity index (χ3n) is 4.87. The van der Waals surface area contributed by atoms with E-state index in [0.717, 1.165) is 45.0 Å². The van der Waals surface area contributed by atoms with E-state index in [1.807, 2.05) is 22.7 Å². The summed E-state index contributed by atoms with van der Waals surface area (Å²) in [6.45, 7) is 5.86. The van der Waals surface area contributed by atoms with Gasteiger partial charge in [0.2, 0.25) is 0 Å².